The molecule has 2 N–H and O–H groups in total. The van der Waals surface area contributed by atoms with Crippen LogP contribution in [0.25, 0.3) is 0 Å². The van der Waals surface area contributed by atoms with Crippen LogP contribution in [0.4, 0.5) is 0 Å². The molecule has 0 saturated carbocycles. The van der Waals surface area contributed by atoms with Crippen LogP contribution in [0.2, 0.25) is 0 Å². The standard InChI is InChI=1S/C12H18N2O4/c1-5-7(11(16)17)13-10(15)8-6-9(18-14-8)12(2,3)4/h6-7H,5H2,1-4H3,(H,13,15)(H,16,17). The lowest BCUT2D eigenvalue weighted by Gasteiger charge is -2.12. The molecule has 0 aliphatic heterocycles. The molecule has 1 heterocycles. The summed E-state index contributed by atoms with van der Waals surface area (Å²) in [5.41, 5.74) is -0.151. The van der Waals surface area contributed by atoms with Gasteiger partial charge >= 0.3 is 5.97 Å². The molecule has 1 atom stereocenters. The van der Waals surface area contributed by atoms with Gasteiger partial charge in [0.25, 0.3) is 5.91 Å². The van der Waals surface area contributed by atoms with E-state index in [-0.39, 0.29) is 11.1 Å². The Labute approximate surface area is 105 Å². The highest BCUT2D eigenvalue weighted by molar-refractivity contribution is 5.94. The Morgan fingerprint density at radius 1 is 1.50 bits per heavy atom. The second kappa shape index (κ2) is 5.20. The third-order valence-corrected chi connectivity index (χ3v) is 2.49. The first-order valence-corrected chi connectivity index (χ1v) is 5.76. The predicted octanol–water partition coefficient (Wildman–Crippen LogP) is 1.57. The molecule has 100 valence electrons. The van der Waals surface area contributed by atoms with Crippen molar-refractivity contribution in [3.8, 4) is 0 Å². The molecule has 0 spiro atoms. The Balaban J connectivity index is 2.79. The molecule has 0 aliphatic carbocycles. The quantitative estimate of drug-likeness (QED) is 0.850. The van der Waals surface area contributed by atoms with Crippen molar-refractivity contribution in [2.24, 2.45) is 0 Å². The van der Waals surface area contributed by atoms with E-state index in [0.717, 1.165) is 0 Å². The number of carboxylic acid groups (broad SMARTS) is 1. The zero-order valence-electron chi connectivity index (χ0n) is 11.0. The monoisotopic (exact) mass is 254 g/mol. The number of carbonyl (C=O) groups excluding carboxylic acids is 1. The van der Waals surface area contributed by atoms with Gasteiger partial charge in [-0.05, 0) is 6.42 Å². The Morgan fingerprint density at radius 3 is 2.50 bits per heavy atom. The molecule has 1 amide bonds. The first-order valence-electron chi connectivity index (χ1n) is 5.76. The molecule has 0 saturated heterocycles. The van der Waals surface area contributed by atoms with Crippen molar-refractivity contribution < 1.29 is 19.2 Å². The third-order valence-electron chi connectivity index (χ3n) is 2.49. The molecule has 0 radical (unpaired) electrons. The fourth-order valence-electron chi connectivity index (χ4n) is 1.31. The van der Waals surface area contributed by atoms with Gasteiger partial charge in [0.2, 0.25) is 0 Å². The van der Waals surface area contributed by atoms with Gasteiger partial charge < -0.3 is 14.9 Å². The molecule has 1 unspecified atom stereocenters. The van der Waals surface area contributed by atoms with Crippen molar-refractivity contribution in [2.45, 2.75) is 45.6 Å². The number of rotatable bonds is 4. The molecule has 1 aromatic heterocycles. The Morgan fingerprint density at radius 2 is 2.11 bits per heavy atom. The highest BCUT2D eigenvalue weighted by atomic mass is 16.5. The second-order valence-electron chi connectivity index (χ2n) is 5.10. The normalized spacial score (nSPS) is 13.1. The van der Waals surface area contributed by atoms with Crippen LogP contribution < -0.4 is 5.32 Å². The van der Waals surface area contributed by atoms with Crippen molar-refractivity contribution >= 4 is 11.9 Å². The summed E-state index contributed by atoms with van der Waals surface area (Å²) in [6.07, 6.45) is 0.311. The van der Waals surface area contributed by atoms with Crippen LogP contribution in [0.3, 0.4) is 0 Å². The lowest BCUT2D eigenvalue weighted by Crippen LogP contribution is -2.40. The van der Waals surface area contributed by atoms with E-state index < -0.39 is 17.9 Å². The maximum atomic E-state index is 11.8. The summed E-state index contributed by atoms with van der Waals surface area (Å²) < 4.78 is 5.07. The predicted molar refractivity (Wildman–Crippen MR) is 64.4 cm³/mol. The van der Waals surface area contributed by atoms with Crippen LogP contribution in [-0.4, -0.2) is 28.2 Å². The molecule has 1 aromatic rings. The molecule has 18 heavy (non-hydrogen) atoms. The summed E-state index contributed by atoms with van der Waals surface area (Å²) >= 11 is 0. The van der Waals surface area contributed by atoms with Crippen LogP contribution in [0, 0.1) is 0 Å². The number of hydrogen-bond donors (Lipinski definition) is 2. The largest absolute Gasteiger partial charge is 0.480 e. The first-order chi connectivity index (χ1) is 8.25. The van der Waals surface area contributed by atoms with Crippen molar-refractivity contribution in [1.82, 2.24) is 10.5 Å². The molecule has 0 fully saturated rings. The van der Waals surface area contributed by atoms with E-state index in [1.165, 1.54) is 6.07 Å². The van der Waals surface area contributed by atoms with E-state index in [1.54, 1.807) is 6.92 Å². The number of aromatic nitrogens is 1. The van der Waals surface area contributed by atoms with Crippen LogP contribution in [0.5, 0.6) is 0 Å². The van der Waals surface area contributed by atoms with Gasteiger partial charge in [-0.15, -0.1) is 0 Å². The topological polar surface area (TPSA) is 92.4 Å². The summed E-state index contributed by atoms with van der Waals surface area (Å²) in [5, 5.41) is 14.9. The SMILES string of the molecule is CCC(NC(=O)c1cc(C(C)(C)C)on1)C(=O)O. The van der Waals surface area contributed by atoms with Crippen molar-refractivity contribution in [1.29, 1.82) is 0 Å². The molecular weight excluding hydrogens is 236 g/mol. The highest BCUT2D eigenvalue weighted by Crippen LogP contribution is 2.22. The van der Waals surface area contributed by atoms with Gasteiger partial charge in [0, 0.05) is 11.5 Å². The smallest absolute Gasteiger partial charge is 0.326 e. The minimum Gasteiger partial charge on any atom is -0.480 e. The van der Waals surface area contributed by atoms with Gasteiger partial charge in [-0.25, -0.2) is 4.79 Å². The Bertz CT molecular complexity index is 445. The van der Waals surface area contributed by atoms with Gasteiger partial charge in [0.05, 0.1) is 0 Å². The lowest BCUT2D eigenvalue weighted by atomic mass is 9.93. The van der Waals surface area contributed by atoms with E-state index >= 15 is 0 Å². The third kappa shape index (κ3) is 3.32. The van der Waals surface area contributed by atoms with Crippen LogP contribution in [0.1, 0.15) is 50.4 Å². The second-order valence-corrected chi connectivity index (χ2v) is 5.10. The maximum absolute atomic E-state index is 11.8. The zero-order chi connectivity index (χ0) is 13.9. The number of carboxylic acids is 1. The van der Waals surface area contributed by atoms with E-state index in [2.05, 4.69) is 10.5 Å². The number of aliphatic carboxylic acids is 1. The molecule has 6 heteroatoms. The number of amides is 1. The molecule has 6 nitrogen and oxygen atoms in total. The number of nitrogens with one attached hydrogen (secondary N) is 1. The van der Waals surface area contributed by atoms with Gasteiger partial charge in [-0.2, -0.15) is 0 Å². The van der Waals surface area contributed by atoms with E-state index in [1.807, 2.05) is 20.8 Å². The summed E-state index contributed by atoms with van der Waals surface area (Å²) in [5.74, 6) is -1.02. The lowest BCUT2D eigenvalue weighted by molar-refractivity contribution is -0.139. The zero-order valence-corrected chi connectivity index (χ0v) is 11.0. The molecule has 0 aliphatic rings. The number of carbonyl (C=O) groups is 2. The van der Waals surface area contributed by atoms with Crippen LogP contribution in [0.15, 0.2) is 10.6 Å². The van der Waals surface area contributed by atoms with Crippen molar-refractivity contribution in [2.75, 3.05) is 0 Å². The molecule has 0 bridgehead atoms. The maximum Gasteiger partial charge on any atom is 0.326 e. The molecular formula is C12H18N2O4. The fourth-order valence-corrected chi connectivity index (χ4v) is 1.31. The van der Waals surface area contributed by atoms with Crippen molar-refractivity contribution in [3.05, 3.63) is 17.5 Å². The number of nitrogens with zero attached hydrogens (tertiary/aromatic N) is 1. The van der Waals surface area contributed by atoms with Gasteiger partial charge in [-0.1, -0.05) is 32.9 Å². The van der Waals surface area contributed by atoms with Gasteiger partial charge in [0.15, 0.2) is 5.69 Å². The average Bonchev–Trinajstić information content (AvgIpc) is 2.73. The Kier molecular flexibility index (Phi) is 4.11. The summed E-state index contributed by atoms with van der Waals surface area (Å²) in [7, 11) is 0. The minimum atomic E-state index is -1.06. The summed E-state index contributed by atoms with van der Waals surface area (Å²) in [6, 6.07) is 0.622. The first kappa shape index (κ1) is 14.2. The van der Waals surface area contributed by atoms with Gasteiger partial charge in [-0.3, -0.25) is 4.79 Å². The fraction of sp³-hybridized carbons (Fsp3) is 0.583. The van der Waals surface area contributed by atoms with Gasteiger partial charge in [0.1, 0.15) is 11.8 Å². The average molecular weight is 254 g/mol. The highest BCUT2D eigenvalue weighted by Gasteiger charge is 2.24. The van der Waals surface area contributed by atoms with E-state index in [9.17, 15) is 9.59 Å². The number of hydrogen-bond acceptors (Lipinski definition) is 4. The van der Waals surface area contributed by atoms with E-state index in [0.29, 0.717) is 12.2 Å². The Hall–Kier alpha value is -1.85. The molecule has 1 rings (SSSR count). The van der Waals surface area contributed by atoms with Crippen molar-refractivity contribution in [3.63, 3.8) is 0 Å². The van der Waals surface area contributed by atoms with Crippen LogP contribution in [-0.2, 0) is 10.2 Å². The molecule has 0 aromatic carbocycles. The summed E-state index contributed by atoms with van der Waals surface area (Å²) in [4.78, 5) is 22.6. The summed E-state index contributed by atoms with van der Waals surface area (Å²) in [6.45, 7) is 7.48. The minimum absolute atomic E-state index is 0.0969. The van der Waals surface area contributed by atoms with E-state index in [4.69, 9.17) is 9.63 Å². The van der Waals surface area contributed by atoms with Crippen LogP contribution >= 0.6 is 0 Å².